The molecule has 4 rings (SSSR count). The molecule has 0 aliphatic rings. The van der Waals surface area contributed by atoms with E-state index >= 15 is 0 Å². The number of fused-ring (bicyclic) bond motifs is 1. The Labute approximate surface area is 182 Å². The lowest BCUT2D eigenvalue weighted by molar-refractivity contribution is 0.0526. The monoisotopic (exact) mass is 408 g/mol. The molecule has 0 spiro atoms. The molecule has 154 valence electrons. The second-order valence-electron chi connectivity index (χ2n) is 7.50. The topological polar surface area (TPSA) is 34.5 Å². The number of ether oxygens (including phenoxy) is 1. The fourth-order valence-corrected chi connectivity index (χ4v) is 3.66. The zero-order chi connectivity index (χ0) is 22.0. The van der Waals surface area contributed by atoms with Crippen molar-refractivity contribution in [2.45, 2.75) is 6.92 Å². The van der Waals surface area contributed by atoms with Gasteiger partial charge in [0.15, 0.2) is 0 Å². The fraction of sp³-hybridized carbons (Fsp3) is 0.148. The van der Waals surface area contributed by atoms with Crippen LogP contribution in [-0.4, -0.2) is 31.2 Å². The molecular formula is C27H24N2O2. The van der Waals surface area contributed by atoms with Gasteiger partial charge < -0.3 is 14.2 Å². The van der Waals surface area contributed by atoms with Crippen LogP contribution in [0.3, 0.4) is 0 Å². The van der Waals surface area contributed by atoms with Crippen molar-refractivity contribution in [1.29, 1.82) is 0 Å². The Hall–Kier alpha value is -3.97. The Balaban J connectivity index is 1.74. The average Bonchev–Trinajstić information content (AvgIpc) is 3.17. The van der Waals surface area contributed by atoms with Gasteiger partial charge in [-0.2, -0.15) is 0 Å². The van der Waals surface area contributed by atoms with Crippen molar-refractivity contribution < 1.29 is 9.53 Å². The number of rotatable bonds is 5. The molecular weight excluding hydrogens is 384 g/mol. The first-order valence-electron chi connectivity index (χ1n) is 10.2. The van der Waals surface area contributed by atoms with E-state index in [0.29, 0.717) is 12.2 Å². The van der Waals surface area contributed by atoms with E-state index in [-0.39, 0.29) is 5.97 Å². The normalized spacial score (nSPS) is 10.6. The van der Waals surface area contributed by atoms with E-state index in [0.717, 1.165) is 39.0 Å². The first-order chi connectivity index (χ1) is 15.0. The predicted molar refractivity (Wildman–Crippen MR) is 127 cm³/mol. The fourth-order valence-electron chi connectivity index (χ4n) is 3.66. The molecule has 0 N–H and O–H groups in total. The molecule has 0 unspecified atom stereocenters. The van der Waals surface area contributed by atoms with Crippen molar-refractivity contribution in [3.63, 3.8) is 0 Å². The Morgan fingerprint density at radius 2 is 1.68 bits per heavy atom. The van der Waals surface area contributed by atoms with Gasteiger partial charge in [-0.25, -0.2) is 4.79 Å². The maximum Gasteiger partial charge on any atom is 0.338 e. The summed E-state index contributed by atoms with van der Waals surface area (Å²) in [5.41, 5.74) is 6.73. The minimum atomic E-state index is -0.319. The molecule has 0 atom stereocenters. The van der Waals surface area contributed by atoms with Crippen LogP contribution >= 0.6 is 0 Å². The van der Waals surface area contributed by atoms with Crippen molar-refractivity contribution in [1.82, 2.24) is 4.57 Å². The van der Waals surface area contributed by atoms with E-state index in [1.807, 2.05) is 32.4 Å². The zero-order valence-corrected chi connectivity index (χ0v) is 17.9. The summed E-state index contributed by atoms with van der Waals surface area (Å²) >= 11 is 0. The molecule has 0 aliphatic heterocycles. The molecule has 0 aliphatic carbocycles. The second-order valence-corrected chi connectivity index (χ2v) is 7.50. The quantitative estimate of drug-likeness (QED) is 0.322. The maximum absolute atomic E-state index is 11.9. The zero-order valence-electron chi connectivity index (χ0n) is 17.9. The van der Waals surface area contributed by atoms with Crippen LogP contribution in [0.2, 0.25) is 0 Å². The molecule has 1 aromatic heterocycles. The number of hydrogen-bond acceptors (Lipinski definition) is 3. The average molecular weight is 409 g/mol. The highest BCUT2D eigenvalue weighted by molar-refractivity contribution is 5.93. The van der Waals surface area contributed by atoms with Crippen molar-refractivity contribution in [2.75, 3.05) is 25.6 Å². The molecule has 0 saturated carbocycles. The molecule has 3 aromatic carbocycles. The van der Waals surface area contributed by atoms with Gasteiger partial charge in [-0.1, -0.05) is 24.1 Å². The lowest BCUT2D eigenvalue weighted by Gasteiger charge is -2.13. The second kappa shape index (κ2) is 8.41. The number of anilines is 1. The van der Waals surface area contributed by atoms with Gasteiger partial charge in [0, 0.05) is 37.1 Å². The third-order valence-corrected chi connectivity index (χ3v) is 5.33. The number of carbonyl (C=O) groups is 1. The standard InChI is InChI=1S/C27H24N2O2/c1-5-19-18-29(24-14-9-21(10-15-24)27(30)31-6-2)26-16-11-22(17-25(19)26)20-7-12-23(13-8-20)28(3)4/h1,7-18H,6H2,2-4H3. The van der Waals surface area contributed by atoms with Crippen LogP contribution in [0, 0.1) is 12.3 Å². The smallest absolute Gasteiger partial charge is 0.338 e. The number of terminal acetylenes is 1. The van der Waals surface area contributed by atoms with E-state index in [9.17, 15) is 4.79 Å². The molecule has 0 bridgehead atoms. The van der Waals surface area contributed by atoms with Crippen LogP contribution in [-0.2, 0) is 4.74 Å². The number of nitrogens with zero attached hydrogens (tertiary/aromatic N) is 2. The molecule has 31 heavy (non-hydrogen) atoms. The molecule has 1 heterocycles. The van der Waals surface area contributed by atoms with Crippen LogP contribution in [0.15, 0.2) is 72.9 Å². The first-order valence-corrected chi connectivity index (χ1v) is 10.2. The van der Waals surface area contributed by atoms with Gasteiger partial charge in [0.05, 0.1) is 23.3 Å². The van der Waals surface area contributed by atoms with Gasteiger partial charge >= 0.3 is 5.97 Å². The van der Waals surface area contributed by atoms with Gasteiger partial charge in [0.2, 0.25) is 0 Å². The number of benzene rings is 3. The number of aromatic nitrogens is 1. The summed E-state index contributed by atoms with van der Waals surface area (Å²) in [7, 11) is 4.06. The highest BCUT2D eigenvalue weighted by atomic mass is 16.5. The van der Waals surface area contributed by atoms with Crippen molar-refractivity contribution in [3.8, 4) is 29.2 Å². The van der Waals surface area contributed by atoms with E-state index in [4.69, 9.17) is 11.2 Å². The van der Waals surface area contributed by atoms with Gasteiger partial charge in [-0.3, -0.25) is 0 Å². The third kappa shape index (κ3) is 3.91. The van der Waals surface area contributed by atoms with Gasteiger partial charge in [-0.05, 0) is 66.6 Å². The third-order valence-electron chi connectivity index (χ3n) is 5.33. The summed E-state index contributed by atoms with van der Waals surface area (Å²) in [5, 5.41) is 1.02. The van der Waals surface area contributed by atoms with Crippen molar-refractivity contribution in [3.05, 3.63) is 84.1 Å². The SMILES string of the molecule is C#Cc1cn(-c2ccc(C(=O)OCC)cc2)c2ccc(-c3ccc(N(C)C)cc3)cc12. The van der Waals surface area contributed by atoms with Crippen LogP contribution in [0.4, 0.5) is 5.69 Å². The van der Waals surface area contributed by atoms with E-state index < -0.39 is 0 Å². The summed E-state index contributed by atoms with van der Waals surface area (Å²) < 4.78 is 7.12. The van der Waals surface area contributed by atoms with Gasteiger partial charge in [0.25, 0.3) is 0 Å². The first kappa shape index (κ1) is 20.3. The Kier molecular flexibility index (Phi) is 5.51. The Bertz CT molecular complexity index is 1270. The number of hydrogen-bond donors (Lipinski definition) is 0. The number of esters is 1. The van der Waals surface area contributed by atoms with E-state index in [2.05, 4.69) is 57.9 Å². The number of carbonyl (C=O) groups excluding carboxylic acids is 1. The summed E-state index contributed by atoms with van der Waals surface area (Å²) in [6.07, 6.45) is 7.78. The van der Waals surface area contributed by atoms with Gasteiger partial charge in [0.1, 0.15) is 0 Å². The predicted octanol–water partition coefficient (Wildman–Crippen LogP) is 5.52. The summed E-state index contributed by atoms with van der Waals surface area (Å²) in [5.74, 6) is 2.49. The lowest BCUT2D eigenvalue weighted by Crippen LogP contribution is -2.07. The Morgan fingerprint density at radius 1 is 1.00 bits per heavy atom. The van der Waals surface area contributed by atoms with E-state index in [1.54, 1.807) is 19.1 Å². The molecule has 0 saturated heterocycles. The maximum atomic E-state index is 11.9. The molecule has 4 nitrogen and oxygen atoms in total. The minimum absolute atomic E-state index is 0.319. The van der Waals surface area contributed by atoms with Crippen molar-refractivity contribution in [2.24, 2.45) is 0 Å². The Morgan fingerprint density at radius 3 is 2.29 bits per heavy atom. The molecule has 4 heteroatoms. The summed E-state index contributed by atoms with van der Waals surface area (Å²) in [4.78, 5) is 14.0. The summed E-state index contributed by atoms with van der Waals surface area (Å²) in [6, 6.07) is 22.1. The van der Waals surface area contributed by atoms with E-state index in [1.165, 1.54) is 0 Å². The summed E-state index contributed by atoms with van der Waals surface area (Å²) in [6.45, 7) is 2.15. The molecule has 0 radical (unpaired) electrons. The molecule has 0 fully saturated rings. The van der Waals surface area contributed by atoms with Crippen LogP contribution in [0.5, 0.6) is 0 Å². The van der Waals surface area contributed by atoms with Crippen LogP contribution in [0.25, 0.3) is 27.7 Å². The lowest BCUT2D eigenvalue weighted by atomic mass is 10.0. The van der Waals surface area contributed by atoms with Crippen molar-refractivity contribution >= 4 is 22.6 Å². The van der Waals surface area contributed by atoms with Gasteiger partial charge in [-0.15, -0.1) is 6.42 Å². The highest BCUT2D eigenvalue weighted by Crippen LogP contribution is 2.30. The highest BCUT2D eigenvalue weighted by Gasteiger charge is 2.12. The molecule has 4 aromatic rings. The minimum Gasteiger partial charge on any atom is -0.462 e. The molecule has 0 amide bonds. The van der Waals surface area contributed by atoms with Crippen LogP contribution < -0.4 is 4.90 Å². The van der Waals surface area contributed by atoms with Crippen LogP contribution in [0.1, 0.15) is 22.8 Å². The largest absolute Gasteiger partial charge is 0.462 e.